The van der Waals surface area contributed by atoms with Gasteiger partial charge in [0.05, 0.1) is 12.1 Å². The van der Waals surface area contributed by atoms with Gasteiger partial charge in [0.15, 0.2) is 17.2 Å². The summed E-state index contributed by atoms with van der Waals surface area (Å²) in [7, 11) is 0. The molecule has 1 N–H and O–H groups in total. The summed E-state index contributed by atoms with van der Waals surface area (Å²) in [5, 5.41) is 9.93. The van der Waals surface area contributed by atoms with Gasteiger partial charge in [0.1, 0.15) is 5.75 Å². The maximum atomic E-state index is 13.4. The van der Waals surface area contributed by atoms with E-state index in [0.29, 0.717) is 0 Å². The molecule has 0 amide bonds. The van der Waals surface area contributed by atoms with Gasteiger partial charge in [0.25, 0.3) is 5.56 Å². The molecule has 0 fully saturated rings. The van der Waals surface area contributed by atoms with E-state index in [4.69, 9.17) is 4.74 Å². The number of halogens is 2. The molecule has 1 heterocycles. The predicted molar refractivity (Wildman–Crippen MR) is 71.4 cm³/mol. The summed E-state index contributed by atoms with van der Waals surface area (Å²) in [5.41, 5.74) is -1.39. The second-order valence-electron chi connectivity index (χ2n) is 4.28. The molecular formula is C14H13F2NO4. The van der Waals surface area contributed by atoms with Gasteiger partial charge in [-0.3, -0.25) is 4.79 Å². The fraction of sp³-hybridized carbons (Fsp3) is 0.286. The monoisotopic (exact) mass is 297 g/mol. The number of hydrogen-bond donors (Lipinski definition) is 1. The first kappa shape index (κ1) is 15.0. The lowest BCUT2D eigenvalue weighted by molar-refractivity contribution is 0.0520. The van der Waals surface area contributed by atoms with E-state index in [1.165, 1.54) is 0 Å². The lowest BCUT2D eigenvalue weighted by Crippen LogP contribution is -2.27. The Balaban J connectivity index is 2.93. The minimum absolute atomic E-state index is 0.00643. The number of carbonyl (C=O) groups excluding carboxylic acids is 1. The highest BCUT2D eigenvalue weighted by Gasteiger charge is 2.24. The number of nitrogens with zero attached hydrogens (tertiary/aromatic N) is 1. The molecule has 0 aliphatic heterocycles. The van der Waals surface area contributed by atoms with Crippen molar-refractivity contribution in [3.8, 4) is 5.75 Å². The van der Waals surface area contributed by atoms with Crippen molar-refractivity contribution in [2.24, 2.45) is 0 Å². The number of aryl methyl sites for hydroxylation is 1. The SMILES string of the molecule is CCOC(=O)c1c(O)c2cc(F)c(F)cc2n(CC)c1=O. The van der Waals surface area contributed by atoms with Gasteiger partial charge in [0, 0.05) is 18.0 Å². The van der Waals surface area contributed by atoms with Gasteiger partial charge in [-0.1, -0.05) is 0 Å². The molecule has 0 unspecified atom stereocenters. The molecule has 0 saturated heterocycles. The van der Waals surface area contributed by atoms with Gasteiger partial charge >= 0.3 is 5.97 Å². The Bertz CT molecular complexity index is 783. The zero-order valence-electron chi connectivity index (χ0n) is 11.4. The average molecular weight is 297 g/mol. The Labute approximate surface area is 118 Å². The van der Waals surface area contributed by atoms with Crippen LogP contribution in [-0.4, -0.2) is 22.2 Å². The molecular weight excluding hydrogens is 284 g/mol. The normalized spacial score (nSPS) is 10.9. The van der Waals surface area contributed by atoms with Crippen molar-refractivity contribution in [1.29, 1.82) is 0 Å². The molecule has 0 radical (unpaired) electrons. The maximum Gasteiger partial charge on any atom is 0.347 e. The van der Waals surface area contributed by atoms with Gasteiger partial charge in [0.2, 0.25) is 0 Å². The number of aromatic nitrogens is 1. The molecule has 0 bridgehead atoms. The van der Waals surface area contributed by atoms with Gasteiger partial charge in [-0.2, -0.15) is 0 Å². The number of fused-ring (bicyclic) bond motifs is 1. The Kier molecular flexibility index (Phi) is 3.93. The number of benzene rings is 1. The Hall–Kier alpha value is -2.44. The first-order valence-corrected chi connectivity index (χ1v) is 6.33. The van der Waals surface area contributed by atoms with Crippen LogP contribution in [0.3, 0.4) is 0 Å². The molecule has 0 saturated carbocycles. The molecule has 21 heavy (non-hydrogen) atoms. The zero-order valence-corrected chi connectivity index (χ0v) is 11.4. The summed E-state index contributed by atoms with van der Waals surface area (Å²) in [6, 6.07) is 1.55. The summed E-state index contributed by atoms with van der Waals surface area (Å²) >= 11 is 0. The van der Waals surface area contributed by atoms with Crippen molar-refractivity contribution in [3.63, 3.8) is 0 Å². The summed E-state index contributed by atoms with van der Waals surface area (Å²) in [5.74, 6) is -4.05. The number of ether oxygens (including phenoxy) is 1. The minimum atomic E-state index is -1.19. The molecule has 2 rings (SSSR count). The van der Waals surface area contributed by atoms with Crippen molar-refractivity contribution in [3.05, 3.63) is 39.7 Å². The van der Waals surface area contributed by atoms with Crippen LogP contribution in [0.5, 0.6) is 5.75 Å². The van der Waals surface area contributed by atoms with Crippen molar-refractivity contribution >= 4 is 16.9 Å². The van der Waals surface area contributed by atoms with Crippen LogP contribution in [0.4, 0.5) is 8.78 Å². The first-order valence-electron chi connectivity index (χ1n) is 6.33. The topological polar surface area (TPSA) is 68.5 Å². The van der Waals surface area contributed by atoms with E-state index >= 15 is 0 Å². The number of esters is 1. The standard InChI is InChI=1S/C14H13F2NO4/c1-3-17-10-6-9(16)8(15)5-7(10)12(18)11(13(17)19)14(20)21-4-2/h5-6,18H,3-4H2,1-2H3. The van der Waals surface area contributed by atoms with Crippen LogP contribution < -0.4 is 5.56 Å². The third-order valence-electron chi connectivity index (χ3n) is 3.08. The fourth-order valence-corrected chi connectivity index (χ4v) is 2.13. The van der Waals surface area contributed by atoms with Crippen LogP contribution in [0.2, 0.25) is 0 Å². The fourth-order valence-electron chi connectivity index (χ4n) is 2.13. The van der Waals surface area contributed by atoms with Crippen molar-refractivity contribution < 1.29 is 23.4 Å². The van der Waals surface area contributed by atoms with Gasteiger partial charge in [-0.25, -0.2) is 13.6 Å². The molecule has 2 aromatic rings. The van der Waals surface area contributed by atoms with E-state index in [1.807, 2.05) is 0 Å². The quantitative estimate of drug-likeness (QED) is 0.882. The van der Waals surface area contributed by atoms with Crippen molar-refractivity contribution in [2.45, 2.75) is 20.4 Å². The van der Waals surface area contributed by atoms with Crippen LogP contribution >= 0.6 is 0 Å². The average Bonchev–Trinajstić information content (AvgIpc) is 2.42. The largest absolute Gasteiger partial charge is 0.506 e. The van der Waals surface area contributed by atoms with Gasteiger partial charge in [-0.05, 0) is 19.9 Å². The van der Waals surface area contributed by atoms with E-state index in [9.17, 15) is 23.5 Å². The second-order valence-corrected chi connectivity index (χ2v) is 4.28. The summed E-state index contributed by atoms with van der Waals surface area (Å²) in [6.07, 6.45) is 0. The molecule has 7 heteroatoms. The third-order valence-corrected chi connectivity index (χ3v) is 3.08. The third kappa shape index (κ3) is 2.35. The summed E-state index contributed by atoms with van der Waals surface area (Å²) in [6.45, 7) is 3.28. The zero-order chi connectivity index (χ0) is 15.7. The molecule has 0 spiro atoms. The molecule has 5 nitrogen and oxygen atoms in total. The molecule has 0 aliphatic carbocycles. The first-order chi connectivity index (χ1) is 9.92. The van der Waals surface area contributed by atoms with Gasteiger partial charge in [-0.15, -0.1) is 0 Å². The van der Waals surface area contributed by atoms with E-state index in [2.05, 4.69) is 0 Å². The highest BCUT2D eigenvalue weighted by atomic mass is 19.2. The molecule has 0 atom stereocenters. The molecule has 1 aromatic heterocycles. The van der Waals surface area contributed by atoms with Crippen LogP contribution in [0.1, 0.15) is 24.2 Å². The second kappa shape index (κ2) is 5.51. The van der Waals surface area contributed by atoms with Crippen LogP contribution in [0.25, 0.3) is 10.9 Å². The number of hydrogen-bond acceptors (Lipinski definition) is 4. The lowest BCUT2D eigenvalue weighted by Gasteiger charge is -2.13. The number of aromatic hydroxyl groups is 1. The molecule has 1 aromatic carbocycles. The van der Waals surface area contributed by atoms with E-state index in [0.717, 1.165) is 16.7 Å². The summed E-state index contributed by atoms with van der Waals surface area (Å²) in [4.78, 5) is 24.0. The van der Waals surface area contributed by atoms with Crippen LogP contribution in [0.15, 0.2) is 16.9 Å². The predicted octanol–water partition coefficient (Wildman–Crippen LogP) is 2.18. The summed E-state index contributed by atoms with van der Waals surface area (Å²) < 4.78 is 32.5. The van der Waals surface area contributed by atoms with Crippen molar-refractivity contribution in [2.75, 3.05) is 6.61 Å². The maximum absolute atomic E-state index is 13.4. The highest BCUT2D eigenvalue weighted by molar-refractivity contribution is 5.99. The Morgan fingerprint density at radius 1 is 1.29 bits per heavy atom. The minimum Gasteiger partial charge on any atom is -0.506 e. The van der Waals surface area contributed by atoms with E-state index in [1.54, 1.807) is 13.8 Å². The smallest absolute Gasteiger partial charge is 0.347 e. The number of carbonyl (C=O) groups is 1. The Morgan fingerprint density at radius 2 is 1.90 bits per heavy atom. The lowest BCUT2D eigenvalue weighted by atomic mass is 10.1. The van der Waals surface area contributed by atoms with E-state index < -0.39 is 34.5 Å². The van der Waals surface area contributed by atoms with Gasteiger partial charge < -0.3 is 14.4 Å². The Morgan fingerprint density at radius 3 is 2.48 bits per heavy atom. The van der Waals surface area contributed by atoms with Crippen LogP contribution in [0, 0.1) is 11.6 Å². The van der Waals surface area contributed by atoms with E-state index in [-0.39, 0.29) is 24.1 Å². The molecule has 0 aliphatic rings. The van der Waals surface area contributed by atoms with Crippen molar-refractivity contribution in [1.82, 2.24) is 4.57 Å². The number of rotatable bonds is 3. The molecule has 112 valence electrons. The van der Waals surface area contributed by atoms with Crippen LogP contribution in [-0.2, 0) is 11.3 Å². The highest BCUT2D eigenvalue weighted by Crippen LogP contribution is 2.28. The number of pyridine rings is 1.